The van der Waals surface area contributed by atoms with Crippen LogP contribution in [0.25, 0.3) is 0 Å². The van der Waals surface area contributed by atoms with Gasteiger partial charge in [0.25, 0.3) is 0 Å². The van der Waals surface area contributed by atoms with Crippen LogP contribution in [-0.2, 0) is 25.4 Å². The van der Waals surface area contributed by atoms with Crippen LogP contribution in [0, 0.1) is 0 Å². The lowest BCUT2D eigenvalue weighted by atomic mass is 10.1. The minimum absolute atomic E-state index is 0.127. The molecule has 0 saturated heterocycles. The third kappa shape index (κ3) is 12.8. The summed E-state index contributed by atoms with van der Waals surface area (Å²) >= 11 is 0. The fourth-order valence-electron chi connectivity index (χ4n) is 3.05. The van der Waals surface area contributed by atoms with Crippen LogP contribution in [0.2, 0.25) is 0 Å². The zero-order valence-corrected chi connectivity index (χ0v) is 21.5. The molecule has 1 amide bonds. The molecule has 0 heterocycles. The van der Waals surface area contributed by atoms with E-state index in [1.54, 1.807) is 4.90 Å². The molecule has 0 fully saturated rings. The summed E-state index contributed by atoms with van der Waals surface area (Å²) in [5.41, 5.74) is 0.863. The fourth-order valence-corrected chi connectivity index (χ4v) is 3.05. The van der Waals surface area contributed by atoms with E-state index in [4.69, 9.17) is 18.9 Å². The third-order valence-corrected chi connectivity index (χ3v) is 5.18. The summed E-state index contributed by atoms with van der Waals surface area (Å²) in [6.07, 6.45) is 2.30. The Morgan fingerprint density at radius 2 is 1.68 bits per heavy atom. The van der Waals surface area contributed by atoms with E-state index in [0.717, 1.165) is 24.8 Å². The Morgan fingerprint density at radius 3 is 2.26 bits per heavy atom. The van der Waals surface area contributed by atoms with Crippen molar-refractivity contribution in [2.45, 2.75) is 85.0 Å². The third-order valence-electron chi connectivity index (χ3n) is 5.18. The van der Waals surface area contributed by atoms with Crippen LogP contribution in [0.15, 0.2) is 24.3 Å². The van der Waals surface area contributed by atoms with Gasteiger partial charge in [-0.25, -0.2) is 9.59 Å². The highest BCUT2D eigenvalue weighted by molar-refractivity contribution is 5.72. The number of benzene rings is 1. The molecule has 0 radical (unpaired) electrons. The van der Waals surface area contributed by atoms with Gasteiger partial charge in [0, 0.05) is 26.1 Å². The van der Waals surface area contributed by atoms with Crippen molar-refractivity contribution in [3.05, 3.63) is 29.8 Å². The van der Waals surface area contributed by atoms with Crippen LogP contribution in [0.1, 0.15) is 65.9 Å². The van der Waals surface area contributed by atoms with Gasteiger partial charge < -0.3 is 29.0 Å². The first-order valence-corrected chi connectivity index (χ1v) is 12.4. The summed E-state index contributed by atoms with van der Waals surface area (Å²) in [5.74, 6) is -0.279. The van der Waals surface area contributed by atoms with Crippen LogP contribution in [0.3, 0.4) is 0 Å². The zero-order valence-electron chi connectivity index (χ0n) is 21.5. The number of ether oxygens (including phenoxy) is 4. The highest BCUT2D eigenvalue weighted by Crippen LogP contribution is 2.16. The minimum atomic E-state index is -0.971. The van der Waals surface area contributed by atoms with Gasteiger partial charge in [-0.2, -0.15) is 0 Å². The highest BCUT2D eigenvalue weighted by Gasteiger charge is 2.20. The lowest BCUT2D eigenvalue weighted by molar-refractivity contribution is -0.153. The fraction of sp³-hybridized carbons (Fsp3) is 0.692. The lowest BCUT2D eigenvalue weighted by Crippen LogP contribution is -2.37. The molecule has 2 unspecified atom stereocenters. The van der Waals surface area contributed by atoms with E-state index in [9.17, 15) is 14.7 Å². The first kappa shape index (κ1) is 29.7. The maximum absolute atomic E-state index is 12.5. The number of nitrogens with zero attached hydrogens (tertiary/aromatic N) is 1. The molecular weight excluding hydrogens is 438 g/mol. The number of carbonyl (C=O) groups excluding carboxylic acids is 1. The van der Waals surface area contributed by atoms with E-state index in [2.05, 4.69) is 6.92 Å². The van der Waals surface area contributed by atoms with Crippen molar-refractivity contribution in [2.24, 2.45) is 0 Å². The van der Waals surface area contributed by atoms with Gasteiger partial charge in [-0.3, -0.25) is 0 Å². The smallest absolute Gasteiger partial charge is 0.410 e. The van der Waals surface area contributed by atoms with Gasteiger partial charge >= 0.3 is 12.1 Å². The van der Waals surface area contributed by atoms with Crippen LogP contribution in [0.5, 0.6) is 5.75 Å². The molecule has 0 saturated carbocycles. The van der Waals surface area contributed by atoms with Crippen LogP contribution in [0.4, 0.5) is 4.79 Å². The molecule has 8 heteroatoms. The van der Waals surface area contributed by atoms with Gasteiger partial charge in [0.1, 0.15) is 11.9 Å². The van der Waals surface area contributed by atoms with Crippen molar-refractivity contribution in [3.8, 4) is 5.75 Å². The molecule has 194 valence electrons. The number of aliphatic carboxylic acids is 1. The number of rotatable bonds is 18. The molecule has 0 bridgehead atoms. The van der Waals surface area contributed by atoms with Crippen molar-refractivity contribution in [1.82, 2.24) is 4.90 Å². The van der Waals surface area contributed by atoms with E-state index in [0.29, 0.717) is 51.5 Å². The second-order valence-electron chi connectivity index (χ2n) is 8.62. The van der Waals surface area contributed by atoms with Crippen molar-refractivity contribution >= 4 is 12.1 Å². The predicted octanol–water partition coefficient (Wildman–Crippen LogP) is 4.93. The van der Waals surface area contributed by atoms with Crippen molar-refractivity contribution in [2.75, 3.05) is 32.9 Å². The molecule has 0 aliphatic heterocycles. The largest absolute Gasteiger partial charge is 0.494 e. The molecule has 0 aliphatic carbocycles. The number of hydrogen-bond acceptors (Lipinski definition) is 6. The Balaban J connectivity index is 2.50. The molecule has 0 aromatic heterocycles. The SMILES string of the molecule is CCCCOCCN(CCCOc1ccc(CC(OC(C)C)C(=O)O)cc1)C(=O)OC(C)CC. The van der Waals surface area contributed by atoms with E-state index in [1.165, 1.54) is 0 Å². The normalized spacial score (nSPS) is 12.9. The summed E-state index contributed by atoms with van der Waals surface area (Å²) in [6.45, 7) is 12.2. The molecule has 2 atom stereocenters. The van der Waals surface area contributed by atoms with E-state index in [1.807, 2.05) is 52.0 Å². The standard InChI is InChI=1S/C26H43NO7/c1-6-8-16-31-18-15-27(26(30)34-21(5)7-2)14-9-17-32-23-12-10-22(11-13-23)19-24(25(28)29)33-20(3)4/h10-13,20-21,24H,6-9,14-19H2,1-5H3,(H,28,29). The Kier molecular flexibility index (Phi) is 15.0. The Bertz CT molecular complexity index is 693. The maximum atomic E-state index is 12.5. The topological polar surface area (TPSA) is 94.5 Å². The number of hydrogen-bond donors (Lipinski definition) is 1. The van der Waals surface area contributed by atoms with Gasteiger partial charge in [-0.1, -0.05) is 32.4 Å². The zero-order chi connectivity index (χ0) is 25.3. The van der Waals surface area contributed by atoms with Crippen molar-refractivity contribution in [1.29, 1.82) is 0 Å². The lowest BCUT2D eigenvalue weighted by Gasteiger charge is -2.24. The quantitative estimate of drug-likeness (QED) is 0.297. The summed E-state index contributed by atoms with van der Waals surface area (Å²) < 4.78 is 22.4. The van der Waals surface area contributed by atoms with Crippen LogP contribution < -0.4 is 4.74 Å². The summed E-state index contributed by atoms with van der Waals surface area (Å²) in [4.78, 5) is 25.5. The minimum Gasteiger partial charge on any atom is -0.494 e. The van der Waals surface area contributed by atoms with Gasteiger partial charge in [0.2, 0.25) is 0 Å². The van der Waals surface area contributed by atoms with Gasteiger partial charge in [-0.15, -0.1) is 0 Å². The molecule has 8 nitrogen and oxygen atoms in total. The van der Waals surface area contributed by atoms with Crippen LogP contribution in [-0.4, -0.2) is 73.3 Å². The van der Waals surface area contributed by atoms with Crippen molar-refractivity contribution in [3.63, 3.8) is 0 Å². The summed E-state index contributed by atoms with van der Waals surface area (Å²) in [5, 5.41) is 9.33. The molecule has 1 aromatic rings. The number of carbonyl (C=O) groups is 2. The molecule has 34 heavy (non-hydrogen) atoms. The monoisotopic (exact) mass is 481 g/mol. The first-order chi connectivity index (χ1) is 16.3. The number of carboxylic acids is 1. The van der Waals surface area contributed by atoms with E-state index in [-0.39, 0.29) is 18.3 Å². The van der Waals surface area contributed by atoms with Crippen LogP contribution >= 0.6 is 0 Å². The molecule has 1 aromatic carbocycles. The molecule has 1 rings (SSSR count). The van der Waals surface area contributed by atoms with E-state index < -0.39 is 12.1 Å². The summed E-state index contributed by atoms with van der Waals surface area (Å²) in [6, 6.07) is 7.33. The van der Waals surface area contributed by atoms with Gasteiger partial charge in [0.05, 0.1) is 19.3 Å². The maximum Gasteiger partial charge on any atom is 0.410 e. The Labute approximate surface area is 204 Å². The average Bonchev–Trinajstić information content (AvgIpc) is 2.80. The molecular formula is C26H43NO7. The molecule has 0 aliphatic rings. The molecule has 0 spiro atoms. The first-order valence-electron chi connectivity index (χ1n) is 12.4. The van der Waals surface area contributed by atoms with Crippen molar-refractivity contribution < 1.29 is 33.6 Å². The number of carboxylic acid groups (broad SMARTS) is 1. The highest BCUT2D eigenvalue weighted by atomic mass is 16.6. The Hall–Kier alpha value is -2.32. The predicted molar refractivity (Wildman–Crippen MR) is 131 cm³/mol. The summed E-state index contributed by atoms with van der Waals surface area (Å²) in [7, 11) is 0. The number of unbranched alkanes of at least 4 members (excludes halogenated alkanes) is 1. The Morgan fingerprint density at radius 1 is 0.971 bits per heavy atom. The molecule has 1 N–H and O–H groups in total. The van der Waals surface area contributed by atoms with Gasteiger partial charge in [0.15, 0.2) is 6.10 Å². The second-order valence-corrected chi connectivity index (χ2v) is 8.62. The second kappa shape index (κ2) is 17.2. The number of amides is 1. The average molecular weight is 482 g/mol. The van der Waals surface area contributed by atoms with E-state index >= 15 is 0 Å². The van der Waals surface area contributed by atoms with Gasteiger partial charge in [-0.05, 0) is 57.7 Å².